The Balaban J connectivity index is 1.63. The summed E-state index contributed by atoms with van der Waals surface area (Å²) >= 11 is 0. The van der Waals surface area contributed by atoms with Gasteiger partial charge in [-0.05, 0) is 60.4 Å². The molecule has 35 heavy (non-hydrogen) atoms. The fraction of sp³-hybridized carbons (Fsp3) is 0.200. The molecule has 0 fully saturated rings. The second-order valence-electron chi connectivity index (χ2n) is 8.03. The lowest BCUT2D eigenvalue weighted by atomic mass is 10.0. The number of nitrogens with zero attached hydrogens (tertiary/aromatic N) is 1. The van der Waals surface area contributed by atoms with E-state index in [0.29, 0.717) is 18.7 Å². The minimum absolute atomic E-state index is 0.00661. The average Bonchev–Trinajstić information content (AvgIpc) is 2.88. The fourth-order valence-electron chi connectivity index (χ4n) is 4.02. The smallest absolute Gasteiger partial charge is 0.264 e. The molecule has 10 heteroatoms. The Morgan fingerprint density at radius 1 is 0.971 bits per heavy atom. The van der Waals surface area contributed by atoms with Gasteiger partial charge in [-0.1, -0.05) is 30.3 Å². The zero-order valence-corrected chi connectivity index (χ0v) is 19.6. The number of aryl methyl sites for hydroxylation is 1. The number of nitrogens with one attached hydrogen (secondary N) is 2. The number of halogens is 2. The number of rotatable bonds is 6. The molecular weight excluding hydrogens is 476 g/mol. The van der Waals surface area contributed by atoms with E-state index >= 15 is 0 Å². The number of anilines is 1. The molecule has 0 spiro atoms. The van der Waals surface area contributed by atoms with Crippen LogP contribution in [-0.2, 0) is 21.2 Å². The number of carbonyl (C=O) groups excluding carboxylic acids is 2. The molecule has 0 saturated carbocycles. The van der Waals surface area contributed by atoms with Crippen molar-refractivity contribution in [3.8, 4) is 0 Å². The summed E-state index contributed by atoms with van der Waals surface area (Å²) in [6.45, 7) is 0.310. The molecule has 0 bridgehead atoms. The van der Waals surface area contributed by atoms with Crippen LogP contribution in [0.4, 0.5) is 14.5 Å². The molecule has 1 heterocycles. The van der Waals surface area contributed by atoms with E-state index in [1.807, 2.05) is 12.1 Å². The maximum Gasteiger partial charge on any atom is 0.264 e. The van der Waals surface area contributed by atoms with Crippen LogP contribution >= 0.6 is 0 Å². The van der Waals surface area contributed by atoms with Crippen LogP contribution in [0.2, 0.25) is 0 Å². The van der Waals surface area contributed by atoms with Crippen molar-refractivity contribution >= 4 is 27.5 Å². The number of hydrogen-bond donors (Lipinski definition) is 2. The number of benzene rings is 3. The summed E-state index contributed by atoms with van der Waals surface area (Å²) in [7, 11) is -2.62. The van der Waals surface area contributed by atoms with Crippen LogP contribution in [0, 0.1) is 11.6 Å². The molecule has 2 amide bonds. The normalized spacial score (nSPS) is 14.1. The van der Waals surface area contributed by atoms with E-state index in [1.54, 1.807) is 12.1 Å². The quantitative estimate of drug-likeness (QED) is 0.544. The first kappa shape index (κ1) is 24.3. The summed E-state index contributed by atoms with van der Waals surface area (Å²) in [6, 6.07) is 14.3. The molecule has 1 aliphatic heterocycles. The van der Waals surface area contributed by atoms with Gasteiger partial charge in [0, 0.05) is 19.2 Å². The van der Waals surface area contributed by atoms with Gasteiger partial charge in [-0.3, -0.25) is 13.9 Å². The van der Waals surface area contributed by atoms with Crippen molar-refractivity contribution in [3.63, 3.8) is 0 Å². The zero-order chi connectivity index (χ0) is 25.2. The van der Waals surface area contributed by atoms with Crippen LogP contribution in [-0.4, -0.2) is 33.8 Å². The van der Waals surface area contributed by atoms with E-state index in [1.165, 1.54) is 41.7 Å². The molecular formula is C25H23F2N3O4S. The molecule has 1 unspecified atom stereocenters. The maximum atomic E-state index is 13.7. The molecule has 0 saturated heterocycles. The lowest BCUT2D eigenvalue weighted by molar-refractivity contribution is -0.122. The van der Waals surface area contributed by atoms with Gasteiger partial charge in [-0.25, -0.2) is 17.2 Å². The molecule has 1 atom stereocenters. The number of amides is 2. The van der Waals surface area contributed by atoms with Crippen LogP contribution in [0.15, 0.2) is 71.6 Å². The van der Waals surface area contributed by atoms with Crippen LogP contribution < -0.4 is 14.9 Å². The van der Waals surface area contributed by atoms with Gasteiger partial charge >= 0.3 is 0 Å². The molecule has 0 radical (unpaired) electrons. The van der Waals surface area contributed by atoms with Crippen molar-refractivity contribution in [2.75, 3.05) is 17.9 Å². The van der Waals surface area contributed by atoms with E-state index in [-0.39, 0.29) is 16.0 Å². The Hall–Kier alpha value is -3.79. The summed E-state index contributed by atoms with van der Waals surface area (Å²) in [4.78, 5) is 25.3. The maximum absolute atomic E-state index is 13.7. The second-order valence-corrected chi connectivity index (χ2v) is 9.89. The summed E-state index contributed by atoms with van der Waals surface area (Å²) < 4.78 is 55.3. The summed E-state index contributed by atoms with van der Waals surface area (Å²) in [6.07, 6.45) is 1.44. The molecule has 1 aliphatic rings. The average molecular weight is 500 g/mol. The predicted molar refractivity (Wildman–Crippen MR) is 126 cm³/mol. The number of carbonyl (C=O) groups is 2. The topological polar surface area (TPSA) is 95.6 Å². The molecule has 182 valence electrons. The van der Waals surface area contributed by atoms with Crippen LogP contribution in [0.25, 0.3) is 0 Å². The first-order chi connectivity index (χ1) is 16.7. The Kier molecular flexibility index (Phi) is 6.83. The summed E-state index contributed by atoms with van der Waals surface area (Å²) in [5.41, 5.74) is 1.56. The molecule has 3 aromatic rings. The van der Waals surface area contributed by atoms with Crippen molar-refractivity contribution in [3.05, 3.63) is 95.1 Å². The second kappa shape index (κ2) is 9.83. The third-order valence-corrected chi connectivity index (χ3v) is 7.62. The minimum atomic E-state index is -3.96. The van der Waals surface area contributed by atoms with Crippen molar-refractivity contribution in [2.24, 2.45) is 0 Å². The Bertz CT molecular complexity index is 1390. The summed E-state index contributed by atoms with van der Waals surface area (Å²) in [5, 5.41) is 4.84. The highest BCUT2D eigenvalue weighted by atomic mass is 32.2. The number of likely N-dealkylation sites (N-methyl/N-ethyl adjacent to an activating group) is 1. The van der Waals surface area contributed by atoms with Gasteiger partial charge in [0.1, 0.15) is 6.04 Å². The SMILES string of the molecule is CNC(=O)C(NC(=O)c1cccc(S(=O)(=O)N2CCCc3ccccc32)c1)c1ccc(F)c(F)c1. The highest BCUT2D eigenvalue weighted by Gasteiger charge is 2.30. The number of sulfonamides is 1. The number of para-hydroxylation sites is 1. The van der Waals surface area contributed by atoms with Gasteiger partial charge < -0.3 is 10.6 Å². The molecule has 0 aliphatic carbocycles. The van der Waals surface area contributed by atoms with Gasteiger partial charge in [-0.2, -0.15) is 0 Å². The van der Waals surface area contributed by atoms with Gasteiger partial charge in [0.25, 0.3) is 15.9 Å². The van der Waals surface area contributed by atoms with E-state index in [2.05, 4.69) is 10.6 Å². The third-order valence-electron chi connectivity index (χ3n) is 5.81. The monoisotopic (exact) mass is 499 g/mol. The first-order valence-corrected chi connectivity index (χ1v) is 12.3. The number of hydrogen-bond acceptors (Lipinski definition) is 4. The standard InChI is InChI=1S/C25H23F2N3O4S/c1-28-25(32)23(17-11-12-20(26)21(27)15-17)29-24(31)18-7-4-9-19(14-18)35(33,34)30-13-5-8-16-6-2-3-10-22(16)30/h2-4,6-7,9-12,14-15,23H,5,8,13H2,1H3,(H,28,32)(H,29,31). The van der Waals surface area contributed by atoms with Crippen molar-refractivity contribution < 1.29 is 26.8 Å². The minimum Gasteiger partial charge on any atom is -0.357 e. The Morgan fingerprint density at radius 3 is 2.49 bits per heavy atom. The highest BCUT2D eigenvalue weighted by Crippen LogP contribution is 2.32. The summed E-state index contributed by atoms with van der Waals surface area (Å²) in [5.74, 6) is -3.66. The molecule has 3 aromatic carbocycles. The van der Waals surface area contributed by atoms with Crippen LogP contribution in [0.5, 0.6) is 0 Å². The van der Waals surface area contributed by atoms with E-state index in [9.17, 15) is 26.8 Å². The van der Waals surface area contributed by atoms with Gasteiger partial charge in [-0.15, -0.1) is 0 Å². The third kappa shape index (κ3) is 4.88. The fourth-order valence-corrected chi connectivity index (χ4v) is 5.61. The number of fused-ring (bicyclic) bond motifs is 1. The lowest BCUT2D eigenvalue weighted by Crippen LogP contribution is -2.39. The molecule has 7 nitrogen and oxygen atoms in total. The molecule has 4 rings (SSSR count). The Labute approximate surface area is 201 Å². The first-order valence-electron chi connectivity index (χ1n) is 10.9. The van der Waals surface area contributed by atoms with E-state index < -0.39 is 39.5 Å². The van der Waals surface area contributed by atoms with Crippen molar-refractivity contribution in [1.29, 1.82) is 0 Å². The lowest BCUT2D eigenvalue weighted by Gasteiger charge is -2.30. The van der Waals surface area contributed by atoms with Gasteiger partial charge in [0.05, 0.1) is 10.6 Å². The zero-order valence-electron chi connectivity index (χ0n) is 18.8. The largest absolute Gasteiger partial charge is 0.357 e. The van der Waals surface area contributed by atoms with Gasteiger partial charge in [0.2, 0.25) is 5.91 Å². The van der Waals surface area contributed by atoms with E-state index in [4.69, 9.17) is 0 Å². The Morgan fingerprint density at radius 2 is 1.74 bits per heavy atom. The molecule has 2 N–H and O–H groups in total. The van der Waals surface area contributed by atoms with Crippen molar-refractivity contribution in [2.45, 2.75) is 23.8 Å². The van der Waals surface area contributed by atoms with Crippen LogP contribution in [0.1, 0.15) is 33.9 Å². The van der Waals surface area contributed by atoms with Crippen molar-refractivity contribution in [1.82, 2.24) is 10.6 Å². The van der Waals surface area contributed by atoms with E-state index in [0.717, 1.165) is 24.1 Å². The van der Waals surface area contributed by atoms with Gasteiger partial charge in [0.15, 0.2) is 11.6 Å². The molecule has 0 aromatic heterocycles. The van der Waals surface area contributed by atoms with Crippen LogP contribution in [0.3, 0.4) is 0 Å². The predicted octanol–water partition coefficient (Wildman–Crippen LogP) is 3.32. The highest BCUT2D eigenvalue weighted by molar-refractivity contribution is 7.92.